The van der Waals surface area contributed by atoms with Gasteiger partial charge in [0.1, 0.15) is 11.3 Å². The van der Waals surface area contributed by atoms with Gasteiger partial charge in [0.15, 0.2) is 6.29 Å². The number of hydrogen-bond acceptors (Lipinski definition) is 3. The maximum atomic E-state index is 13.3. The minimum Gasteiger partial charge on any atom is -0.355 e. The van der Waals surface area contributed by atoms with E-state index in [-0.39, 0.29) is 22.2 Å². The molecule has 5 nitrogen and oxygen atoms in total. The molecular weight excluding hydrogens is 203 g/mol. The van der Waals surface area contributed by atoms with Crippen LogP contribution in [0.2, 0.25) is 0 Å². The van der Waals surface area contributed by atoms with Gasteiger partial charge in [-0.15, -0.1) is 0 Å². The molecule has 0 fully saturated rings. The first-order valence-corrected chi connectivity index (χ1v) is 4.04. The Morgan fingerprint density at radius 1 is 1.47 bits per heavy atom. The smallest absolute Gasteiger partial charge is 0.293 e. The molecule has 1 aromatic heterocycles. The SMILES string of the molecule is O=Cc1c[nH]c2c([N+](=O)[O-])ccc(F)c12. The number of nitrogens with one attached hydrogen (secondary N) is 1. The standard InChI is InChI=1S/C9H5FN2O3/c10-6-1-2-7(12(14)15)9-8(6)5(4-13)3-11-9/h1-4,11H. The first kappa shape index (κ1) is 9.32. The normalized spacial score (nSPS) is 10.5. The van der Waals surface area contributed by atoms with Gasteiger partial charge in [0.2, 0.25) is 0 Å². The molecule has 0 spiro atoms. The fourth-order valence-electron chi connectivity index (χ4n) is 1.46. The number of fused-ring (bicyclic) bond motifs is 1. The summed E-state index contributed by atoms with van der Waals surface area (Å²) < 4.78 is 13.3. The van der Waals surface area contributed by atoms with Crippen molar-refractivity contribution in [1.29, 1.82) is 0 Å². The highest BCUT2D eigenvalue weighted by Crippen LogP contribution is 2.28. The van der Waals surface area contributed by atoms with Crippen molar-refractivity contribution in [3.05, 3.63) is 39.8 Å². The number of aromatic amines is 1. The quantitative estimate of drug-likeness (QED) is 0.466. The van der Waals surface area contributed by atoms with Crippen molar-refractivity contribution in [1.82, 2.24) is 4.98 Å². The summed E-state index contributed by atoms with van der Waals surface area (Å²) >= 11 is 0. The number of halogens is 1. The molecule has 0 saturated carbocycles. The lowest BCUT2D eigenvalue weighted by Crippen LogP contribution is -1.91. The van der Waals surface area contributed by atoms with Crippen LogP contribution < -0.4 is 0 Å². The van der Waals surface area contributed by atoms with Crippen molar-refractivity contribution in [3.8, 4) is 0 Å². The van der Waals surface area contributed by atoms with Crippen LogP contribution in [-0.4, -0.2) is 16.2 Å². The summed E-state index contributed by atoms with van der Waals surface area (Å²) in [5.74, 6) is -0.654. The Morgan fingerprint density at radius 3 is 2.80 bits per heavy atom. The van der Waals surface area contributed by atoms with Crippen molar-refractivity contribution in [3.63, 3.8) is 0 Å². The number of non-ortho nitro benzene ring substituents is 1. The first-order valence-electron chi connectivity index (χ1n) is 4.04. The number of aromatic nitrogens is 1. The third-order valence-electron chi connectivity index (χ3n) is 2.12. The van der Waals surface area contributed by atoms with Crippen molar-refractivity contribution in [2.45, 2.75) is 0 Å². The molecule has 2 rings (SSSR count). The van der Waals surface area contributed by atoms with Crippen LogP contribution in [-0.2, 0) is 0 Å². The summed E-state index contributed by atoms with van der Waals surface area (Å²) in [5.41, 5.74) is -0.146. The lowest BCUT2D eigenvalue weighted by molar-refractivity contribution is -0.383. The highest BCUT2D eigenvalue weighted by Gasteiger charge is 2.18. The molecule has 0 atom stereocenters. The summed E-state index contributed by atoms with van der Waals surface area (Å²) in [6.07, 6.45) is 1.69. The summed E-state index contributed by atoms with van der Waals surface area (Å²) in [4.78, 5) is 23.0. The molecule has 0 radical (unpaired) electrons. The van der Waals surface area contributed by atoms with Gasteiger partial charge in [0, 0.05) is 17.8 Å². The first-order chi connectivity index (χ1) is 7.15. The Hall–Kier alpha value is -2.24. The Balaban J connectivity index is 2.90. The zero-order chi connectivity index (χ0) is 11.0. The van der Waals surface area contributed by atoms with E-state index in [1.807, 2.05) is 0 Å². The Labute approximate surface area is 82.7 Å². The Bertz CT molecular complexity index is 562. The number of carbonyl (C=O) groups excluding carboxylic acids is 1. The predicted molar refractivity (Wildman–Crippen MR) is 50.3 cm³/mol. The lowest BCUT2D eigenvalue weighted by atomic mass is 10.1. The maximum absolute atomic E-state index is 13.3. The minimum absolute atomic E-state index is 0.0297. The Morgan fingerprint density at radius 2 is 2.20 bits per heavy atom. The number of aldehydes is 1. The topological polar surface area (TPSA) is 76.0 Å². The number of H-pyrrole nitrogens is 1. The molecule has 76 valence electrons. The largest absolute Gasteiger partial charge is 0.355 e. The van der Waals surface area contributed by atoms with Crippen molar-refractivity contribution in [2.24, 2.45) is 0 Å². The number of hydrogen-bond donors (Lipinski definition) is 1. The average Bonchev–Trinajstić information content (AvgIpc) is 2.62. The fraction of sp³-hybridized carbons (Fsp3) is 0. The number of nitrogens with zero attached hydrogens (tertiary/aromatic N) is 1. The highest BCUT2D eigenvalue weighted by molar-refractivity contribution is 6.01. The van der Waals surface area contributed by atoms with E-state index in [2.05, 4.69) is 4.98 Å². The zero-order valence-electron chi connectivity index (χ0n) is 7.36. The lowest BCUT2D eigenvalue weighted by Gasteiger charge is -1.95. The van der Waals surface area contributed by atoms with E-state index in [0.717, 1.165) is 12.1 Å². The molecular formula is C9H5FN2O3. The summed E-state index contributed by atoms with van der Waals surface area (Å²) in [6.45, 7) is 0. The highest BCUT2D eigenvalue weighted by atomic mass is 19.1. The van der Waals surface area contributed by atoms with Gasteiger partial charge in [-0.2, -0.15) is 0 Å². The van der Waals surface area contributed by atoms with Crippen LogP contribution in [0, 0.1) is 15.9 Å². The van der Waals surface area contributed by atoms with E-state index in [4.69, 9.17) is 0 Å². The molecule has 0 amide bonds. The van der Waals surface area contributed by atoms with Gasteiger partial charge in [-0.05, 0) is 6.07 Å². The molecule has 6 heteroatoms. The van der Waals surface area contributed by atoms with Gasteiger partial charge in [0.05, 0.1) is 10.3 Å². The number of nitro benzene ring substituents is 1. The molecule has 0 saturated heterocycles. The van der Waals surface area contributed by atoms with E-state index >= 15 is 0 Å². The molecule has 1 N–H and O–H groups in total. The van der Waals surface area contributed by atoms with Crippen molar-refractivity contribution in [2.75, 3.05) is 0 Å². The molecule has 15 heavy (non-hydrogen) atoms. The fourth-order valence-corrected chi connectivity index (χ4v) is 1.46. The third kappa shape index (κ3) is 1.26. The second kappa shape index (κ2) is 3.16. The van der Waals surface area contributed by atoms with Crippen LogP contribution in [0.15, 0.2) is 18.3 Å². The predicted octanol–water partition coefficient (Wildman–Crippen LogP) is 2.03. The van der Waals surface area contributed by atoms with Gasteiger partial charge in [0.25, 0.3) is 5.69 Å². The number of nitro groups is 1. The van der Waals surface area contributed by atoms with Crippen LogP contribution in [0.5, 0.6) is 0 Å². The van der Waals surface area contributed by atoms with Crippen LogP contribution in [0.1, 0.15) is 10.4 Å². The van der Waals surface area contributed by atoms with Gasteiger partial charge >= 0.3 is 0 Å². The van der Waals surface area contributed by atoms with E-state index < -0.39 is 10.7 Å². The number of rotatable bonds is 2. The average molecular weight is 208 g/mol. The summed E-state index contributed by atoms with van der Waals surface area (Å²) in [6, 6.07) is 2.03. The molecule has 0 aliphatic heterocycles. The molecule has 1 heterocycles. The van der Waals surface area contributed by atoms with Gasteiger partial charge in [-0.25, -0.2) is 4.39 Å². The minimum atomic E-state index is -0.654. The van der Waals surface area contributed by atoms with E-state index in [9.17, 15) is 19.3 Å². The Kier molecular flexibility index (Phi) is 1.96. The summed E-state index contributed by atoms with van der Waals surface area (Å²) in [7, 11) is 0. The second-order valence-corrected chi connectivity index (χ2v) is 2.94. The second-order valence-electron chi connectivity index (χ2n) is 2.94. The molecule has 0 aliphatic rings. The van der Waals surface area contributed by atoms with Gasteiger partial charge < -0.3 is 4.98 Å². The number of carbonyl (C=O) groups is 1. The molecule has 0 unspecified atom stereocenters. The van der Waals surface area contributed by atoms with Crippen LogP contribution >= 0.6 is 0 Å². The van der Waals surface area contributed by atoms with E-state index in [1.165, 1.54) is 6.20 Å². The molecule has 1 aromatic carbocycles. The monoisotopic (exact) mass is 208 g/mol. The van der Waals surface area contributed by atoms with Crippen LogP contribution in [0.4, 0.5) is 10.1 Å². The van der Waals surface area contributed by atoms with E-state index in [1.54, 1.807) is 0 Å². The van der Waals surface area contributed by atoms with Gasteiger partial charge in [-0.3, -0.25) is 14.9 Å². The molecule has 0 bridgehead atoms. The molecule has 2 aromatic rings. The van der Waals surface area contributed by atoms with Crippen LogP contribution in [0.25, 0.3) is 10.9 Å². The maximum Gasteiger partial charge on any atom is 0.293 e. The van der Waals surface area contributed by atoms with Gasteiger partial charge in [-0.1, -0.05) is 0 Å². The van der Waals surface area contributed by atoms with Crippen LogP contribution in [0.3, 0.4) is 0 Å². The summed E-state index contributed by atoms with van der Waals surface area (Å²) in [5, 5.41) is 10.6. The van der Waals surface area contributed by atoms with E-state index in [0.29, 0.717) is 6.29 Å². The molecule has 0 aliphatic carbocycles. The zero-order valence-corrected chi connectivity index (χ0v) is 7.36. The van der Waals surface area contributed by atoms with Crippen molar-refractivity contribution < 1.29 is 14.1 Å². The van der Waals surface area contributed by atoms with Crippen molar-refractivity contribution >= 4 is 22.9 Å². The third-order valence-corrected chi connectivity index (χ3v) is 2.12. The number of benzene rings is 1.